The number of carbonyl (C=O) groups is 1. The summed E-state index contributed by atoms with van der Waals surface area (Å²) in [5.41, 5.74) is 2.81. The first-order valence-electron chi connectivity index (χ1n) is 10.1. The molecule has 25 heavy (non-hydrogen) atoms. The molecule has 0 spiro atoms. The number of hydrogen-bond acceptors (Lipinski definition) is 3. The van der Waals surface area contributed by atoms with Crippen molar-refractivity contribution < 1.29 is 19.0 Å². The number of esters is 1. The summed E-state index contributed by atoms with van der Waals surface area (Å²) in [6, 6.07) is 0. The summed E-state index contributed by atoms with van der Waals surface area (Å²) in [5, 5.41) is 9.96. The average Bonchev–Trinajstić information content (AvgIpc) is 2.90. The average molecular weight is 350 g/mol. The monoisotopic (exact) mass is 350 g/mol. The molecule has 0 aromatic rings. The Morgan fingerprint density at radius 2 is 2.08 bits per heavy atom. The second-order valence-corrected chi connectivity index (χ2v) is 9.10. The molecule has 4 aliphatic rings. The minimum atomic E-state index is -0.724. The van der Waals surface area contributed by atoms with Crippen LogP contribution < -0.4 is 0 Å². The second kappa shape index (κ2) is 6.37. The van der Waals surface area contributed by atoms with Crippen LogP contribution in [-0.2, 0) is 9.53 Å². The summed E-state index contributed by atoms with van der Waals surface area (Å²) in [5.74, 6) is 1.66. The molecule has 1 N–H and O–H groups in total. The first-order chi connectivity index (χ1) is 11.9. The van der Waals surface area contributed by atoms with E-state index in [0.29, 0.717) is 30.6 Å². The highest BCUT2D eigenvalue weighted by Gasteiger charge is 2.57. The zero-order valence-corrected chi connectivity index (χ0v) is 15.5. The zero-order valence-electron chi connectivity index (χ0n) is 15.5. The molecular formula is C21H31FO3. The third-order valence-electron chi connectivity index (χ3n) is 7.96. The van der Waals surface area contributed by atoms with Gasteiger partial charge in [0.05, 0.1) is 0 Å². The van der Waals surface area contributed by atoms with E-state index in [0.717, 1.165) is 38.5 Å². The van der Waals surface area contributed by atoms with Crippen molar-refractivity contribution in [1.29, 1.82) is 0 Å². The van der Waals surface area contributed by atoms with E-state index in [1.54, 1.807) is 0 Å². The van der Waals surface area contributed by atoms with Gasteiger partial charge < -0.3 is 9.84 Å². The molecule has 3 nitrogen and oxygen atoms in total. The molecule has 0 radical (unpaired) electrons. The molecule has 4 rings (SSSR count). The highest BCUT2D eigenvalue weighted by molar-refractivity contribution is 5.66. The maximum absolute atomic E-state index is 14.0. The van der Waals surface area contributed by atoms with E-state index in [1.807, 2.05) is 0 Å². The van der Waals surface area contributed by atoms with Crippen LogP contribution in [0.5, 0.6) is 0 Å². The van der Waals surface area contributed by atoms with Crippen LogP contribution >= 0.6 is 0 Å². The third-order valence-corrected chi connectivity index (χ3v) is 7.96. The molecule has 0 aromatic heterocycles. The fourth-order valence-electron chi connectivity index (χ4n) is 6.85. The maximum atomic E-state index is 14.0. The van der Waals surface area contributed by atoms with Crippen molar-refractivity contribution in [3.05, 3.63) is 11.1 Å². The van der Waals surface area contributed by atoms with Crippen LogP contribution in [0.4, 0.5) is 4.39 Å². The zero-order chi connectivity index (χ0) is 17.8. The van der Waals surface area contributed by atoms with Gasteiger partial charge in [-0.15, -0.1) is 0 Å². The first-order valence-corrected chi connectivity index (χ1v) is 10.1. The Morgan fingerprint density at radius 3 is 2.80 bits per heavy atom. The Morgan fingerprint density at radius 1 is 1.28 bits per heavy atom. The fourth-order valence-corrected chi connectivity index (χ4v) is 6.85. The molecule has 0 bridgehead atoms. The number of carbonyl (C=O) groups excluding carboxylic acids is 1. The molecule has 7 atom stereocenters. The van der Waals surface area contributed by atoms with Gasteiger partial charge in [0, 0.05) is 31.3 Å². The van der Waals surface area contributed by atoms with Crippen molar-refractivity contribution in [2.45, 2.75) is 77.5 Å². The Hall–Kier alpha value is -0.900. The molecule has 0 amide bonds. The fraction of sp³-hybridized carbons (Fsp3) is 0.857. The lowest BCUT2D eigenvalue weighted by Crippen LogP contribution is -2.48. The number of rotatable bonds is 2. The maximum Gasteiger partial charge on any atom is 0.302 e. The van der Waals surface area contributed by atoms with Crippen molar-refractivity contribution in [3.63, 3.8) is 0 Å². The standard InChI is InChI=1S/C21H31FO3/c1-12(24)25-20-6-5-19-18-9-13(11-23)17-10-14(22)3-4-15(17)16(18)7-8-21(19,20)2/h13-14,16,18-20,23H,3-11H2,1-2H3/t13-,14+,16+,18+,19-,20-,21-/m0/s1. The van der Waals surface area contributed by atoms with Crippen LogP contribution in [0.1, 0.15) is 65.2 Å². The summed E-state index contributed by atoms with van der Waals surface area (Å²) in [7, 11) is 0. The van der Waals surface area contributed by atoms with E-state index >= 15 is 0 Å². The predicted octanol–water partition coefficient (Wildman–Crippen LogP) is 4.19. The number of hydrogen-bond donors (Lipinski definition) is 1. The number of aliphatic hydroxyl groups is 1. The van der Waals surface area contributed by atoms with Gasteiger partial charge in [-0.2, -0.15) is 0 Å². The number of ether oxygens (including phenoxy) is 1. The van der Waals surface area contributed by atoms with Gasteiger partial charge in [-0.05, 0) is 62.7 Å². The molecule has 2 saturated carbocycles. The third kappa shape index (κ3) is 2.75. The normalized spacial score (nSPS) is 46.2. The molecule has 140 valence electrons. The molecule has 0 unspecified atom stereocenters. The number of halogens is 1. The molecular weight excluding hydrogens is 319 g/mol. The van der Waals surface area contributed by atoms with E-state index in [2.05, 4.69) is 6.92 Å². The van der Waals surface area contributed by atoms with Gasteiger partial charge in [0.2, 0.25) is 0 Å². The van der Waals surface area contributed by atoms with Crippen molar-refractivity contribution in [3.8, 4) is 0 Å². The van der Waals surface area contributed by atoms with Crippen LogP contribution in [-0.4, -0.2) is 30.0 Å². The Kier molecular flexibility index (Phi) is 4.46. The largest absolute Gasteiger partial charge is 0.462 e. The van der Waals surface area contributed by atoms with Crippen LogP contribution in [0.25, 0.3) is 0 Å². The smallest absolute Gasteiger partial charge is 0.302 e. The summed E-state index contributed by atoms with van der Waals surface area (Å²) >= 11 is 0. The van der Waals surface area contributed by atoms with E-state index < -0.39 is 6.17 Å². The number of allylic oxidation sites excluding steroid dienone is 1. The molecule has 4 aliphatic carbocycles. The number of fused-ring (bicyclic) bond motifs is 4. The summed E-state index contributed by atoms with van der Waals surface area (Å²) in [6.45, 7) is 3.97. The lowest BCUT2D eigenvalue weighted by atomic mass is 9.52. The molecule has 0 aliphatic heterocycles. The second-order valence-electron chi connectivity index (χ2n) is 9.10. The lowest BCUT2D eigenvalue weighted by Gasteiger charge is -2.53. The molecule has 4 heteroatoms. The van der Waals surface area contributed by atoms with Crippen molar-refractivity contribution in [2.75, 3.05) is 6.61 Å². The molecule has 2 fully saturated rings. The summed E-state index contributed by atoms with van der Waals surface area (Å²) < 4.78 is 19.7. The lowest BCUT2D eigenvalue weighted by molar-refractivity contribution is -0.155. The predicted molar refractivity (Wildman–Crippen MR) is 93.6 cm³/mol. The Balaban J connectivity index is 1.63. The van der Waals surface area contributed by atoms with Crippen LogP contribution in [0.3, 0.4) is 0 Å². The van der Waals surface area contributed by atoms with Gasteiger partial charge in [-0.3, -0.25) is 4.79 Å². The van der Waals surface area contributed by atoms with E-state index in [4.69, 9.17) is 4.74 Å². The summed E-state index contributed by atoms with van der Waals surface area (Å²) in [4.78, 5) is 11.5. The van der Waals surface area contributed by atoms with Crippen LogP contribution in [0.15, 0.2) is 11.1 Å². The topological polar surface area (TPSA) is 46.5 Å². The van der Waals surface area contributed by atoms with Crippen molar-refractivity contribution >= 4 is 5.97 Å². The molecule has 0 saturated heterocycles. The van der Waals surface area contributed by atoms with Gasteiger partial charge in [-0.25, -0.2) is 4.39 Å². The van der Waals surface area contributed by atoms with Gasteiger partial charge in [-0.1, -0.05) is 18.1 Å². The van der Waals surface area contributed by atoms with E-state index in [1.165, 1.54) is 18.1 Å². The first kappa shape index (κ1) is 17.5. The Bertz CT molecular complexity index is 586. The minimum Gasteiger partial charge on any atom is -0.462 e. The number of alkyl halides is 1. The van der Waals surface area contributed by atoms with Crippen LogP contribution in [0, 0.1) is 29.1 Å². The minimum absolute atomic E-state index is 0.0421. The molecule has 0 aromatic carbocycles. The number of aliphatic hydroxyl groups excluding tert-OH is 1. The highest BCUT2D eigenvalue weighted by Crippen LogP contribution is 2.62. The van der Waals surface area contributed by atoms with E-state index in [-0.39, 0.29) is 30.0 Å². The van der Waals surface area contributed by atoms with Gasteiger partial charge >= 0.3 is 5.97 Å². The van der Waals surface area contributed by atoms with Crippen LogP contribution in [0.2, 0.25) is 0 Å². The highest BCUT2D eigenvalue weighted by atomic mass is 19.1. The van der Waals surface area contributed by atoms with E-state index in [9.17, 15) is 14.3 Å². The van der Waals surface area contributed by atoms with Crippen molar-refractivity contribution in [1.82, 2.24) is 0 Å². The van der Waals surface area contributed by atoms with Crippen molar-refractivity contribution in [2.24, 2.45) is 29.1 Å². The summed E-state index contributed by atoms with van der Waals surface area (Å²) in [6.07, 6.45) is 6.68. The Labute approximate surface area is 150 Å². The molecule has 0 heterocycles. The SMILES string of the molecule is CC(=O)O[C@H]1CC[C@H]2[C@@H]3C[C@@H](CO)C4=C(CC[C@@H](F)C4)[C@H]3CC[C@]12C. The van der Waals surface area contributed by atoms with Gasteiger partial charge in [0.15, 0.2) is 0 Å². The van der Waals surface area contributed by atoms with Gasteiger partial charge in [0.1, 0.15) is 12.3 Å². The van der Waals surface area contributed by atoms with Gasteiger partial charge in [0.25, 0.3) is 0 Å². The quantitative estimate of drug-likeness (QED) is 0.600.